The molecule has 1 atom stereocenters. The highest BCUT2D eigenvalue weighted by molar-refractivity contribution is 14.1. The van der Waals surface area contributed by atoms with Crippen LogP contribution in [0.15, 0.2) is 24.3 Å². The van der Waals surface area contributed by atoms with Crippen LogP contribution in [0.3, 0.4) is 0 Å². The molecule has 0 saturated carbocycles. The molecule has 0 spiro atoms. The maximum Gasteiger partial charge on any atom is 0.112 e. The van der Waals surface area contributed by atoms with Crippen LogP contribution in [0.4, 0.5) is 0 Å². The zero-order chi connectivity index (χ0) is 8.39. The molecule has 1 aliphatic heterocycles. The van der Waals surface area contributed by atoms with Gasteiger partial charge in [-0.3, -0.25) is 0 Å². The fourth-order valence-electron chi connectivity index (χ4n) is 1.81. The molecule has 2 heteroatoms. The molecule has 64 valence electrons. The topological polar surface area (TPSA) is 16.6 Å². The average Bonchev–Trinajstić information content (AvgIpc) is 2.56. The van der Waals surface area contributed by atoms with E-state index in [0.717, 1.165) is 6.04 Å². The van der Waals surface area contributed by atoms with Crippen molar-refractivity contribution in [2.45, 2.75) is 18.9 Å². The van der Waals surface area contributed by atoms with Crippen molar-refractivity contribution in [2.24, 2.45) is 0 Å². The first-order valence-electron chi connectivity index (χ1n) is 4.45. The molecule has 1 nitrogen and oxygen atoms in total. The summed E-state index contributed by atoms with van der Waals surface area (Å²) in [6.07, 6.45) is 2.72. The minimum absolute atomic E-state index is 0.736. The maximum atomic E-state index is 2.45. The van der Waals surface area contributed by atoms with Gasteiger partial charge >= 0.3 is 0 Å². The molecule has 0 bridgehead atoms. The first kappa shape index (κ1) is 8.51. The second kappa shape index (κ2) is 3.75. The predicted molar refractivity (Wildman–Crippen MR) is 57.9 cm³/mol. The van der Waals surface area contributed by atoms with E-state index < -0.39 is 0 Å². The van der Waals surface area contributed by atoms with Crippen LogP contribution >= 0.6 is 22.6 Å². The van der Waals surface area contributed by atoms with Gasteiger partial charge in [-0.05, 0) is 34.7 Å². The van der Waals surface area contributed by atoms with E-state index in [1.165, 1.54) is 28.5 Å². The first-order chi connectivity index (χ1) is 5.86. The SMILES string of the molecule is Ic1cccc([C@@H]2CCC[NH2+]2)c1. The molecule has 1 aromatic rings. The number of hydrogen-bond acceptors (Lipinski definition) is 0. The van der Waals surface area contributed by atoms with Crippen LogP contribution in [-0.4, -0.2) is 6.54 Å². The summed E-state index contributed by atoms with van der Waals surface area (Å²) < 4.78 is 1.35. The van der Waals surface area contributed by atoms with Crippen LogP contribution in [0.25, 0.3) is 0 Å². The third-order valence-electron chi connectivity index (χ3n) is 2.45. The summed E-state index contributed by atoms with van der Waals surface area (Å²) >= 11 is 2.38. The van der Waals surface area contributed by atoms with Gasteiger partial charge in [0.05, 0.1) is 6.54 Å². The highest BCUT2D eigenvalue weighted by atomic mass is 127. The first-order valence-corrected chi connectivity index (χ1v) is 5.53. The van der Waals surface area contributed by atoms with E-state index in [9.17, 15) is 0 Å². The molecule has 0 unspecified atom stereocenters. The summed E-state index contributed by atoms with van der Waals surface area (Å²) in [7, 11) is 0. The predicted octanol–water partition coefficient (Wildman–Crippen LogP) is 1.69. The van der Waals surface area contributed by atoms with Crippen molar-refractivity contribution in [2.75, 3.05) is 6.54 Å². The molecule has 0 aliphatic carbocycles. The molecule has 0 aromatic heterocycles. The standard InChI is InChI=1S/C10H12IN/c11-9-4-1-3-8(7-9)10-5-2-6-12-10/h1,3-4,7,10,12H,2,5-6H2/p+1/t10-/m0/s1. The van der Waals surface area contributed by atoms with Crippen LogP contribution in [0.5, 0.6) is 0 Å². The molecule has 1 aromatic carbocycles. The summed E-state index contributed by atoms with van der Waals surface area (Å²) in [5.74, 6) is 0. The Kier molecular flexibility index (Phi) is 2.66. The largest absolute Gasteiger partial charge is 0.340 e. The summed E-state index contributed by atoms with van der Waals surface area (Å²) in [5.41, 5.74) is 1.50. The molecule has 1 saturated heterocycles. The van der Waals surface area contributed by atoms with Gasteiger partial charge in [0.15, 0.2) is 0 Å². The quantitative estimate of drug-likeness (QED) is 0.750. The van der Waals surface area contributed by atoms with Crippen LogP contribution in [0, 0.1) is 3.57 Å². The maximum absolute atomic E-state index is 2.45. The Morgan fingerprint density at radius 2 is 2.33 bits per heavy atom. The fourth-order valence-corrected chi connectivity index (χ4v) is 2.38. The van der Waals surface area contributed by atoms with Gasteiger partial charge in [-0.1, -0.05) is 12.1 Å². The number of nitrogens with two attached hydrogens (primary N) is 1. The zero-order valence-electron chi connectivity index (χ0n) is 6.96. The van der Waals surface area contributed by atoms with E-state index in [1.54, 1.807) is 0 Å². The fraction of sp³-hybridized carbons (Fsp3) is 0.400. The van der Waals surface area contributed by atoms with Crippen LogP contribution in [-0.2, 0) is 0 Å². The van der Waals surface area contributed by atoms with Crippen molar-refractivity contribution in [3.8, 4) is 0 Å². The van der Waals surface area contributed by atoms with Crippen LogP contribution in [0.2, 0.25) is 0 Å². The molecule has 12 heavy (non-hydrogen) atoms. The highest BCUT2D eigenvalue weighted by Gasteiger charge is 2.19. The average molecular weight is 274 g/mol. The monoisotopic (exact) mass is 274 g/mol. The van der Waals surface area contributed by atoms with Crippen molar-refractivity contribution >= 4 is 22.6 Å². The van der Waals surface area contributed by atoms with Gasteiger partial charge in [-0.15, -0.1) is 0 Å². The summed E-state index contributed by atoms with van der Waals surface area (Å²) in [4.78, 5) is 0. The minimum atomic E-state index is 0.736. The van der Waals surface area contributed by atoms with Gasteiger partial charge in [0.25, 0.3) is 0 Å². The van der Waals surface area contributed by atoms with Crippen molar-refractivity contribution in [1.82, 2.24) is 0 Å². The van der Waals surface area contributed by atoms with Gasteiger partial charge in [0, 0.05) is 22.0 Å². The minimum Gasteiger partial charge on any atom is -0.340 e. The van der Waals surface area contributed by atoms with Crippen molar-refractivity contribution in [1.29, 1.82) is 0 Å². The lowest BCUT2D eigenvalue weighted by molar-refractivity contribution is -0.676. The van der Waals surface area contributed by atoms with E-state index in [0.29, 0.717) is 0 Å². The molecule has 0 amide bonds. The Hall–Kier alpha value is -0.0900. The van der Waals surface area contributed by atoms with Gasteiger partial charge in [0.1, 0.15) is 6.04 Å². The van der Waals surface area contributed by atoms with Crippen molar-refractivity contribution in [3.63, 3.8) is 0 Å². The van der Waals surface area contributed by atoms with Crippen molar-refractivity contribution in [3.05, 3.63) is 33.4 Å². The lowest BCUT2D eigenvalue weighted by atomic mass is 10.1. The Bertz CT molecular complexity index is 266. The van der Waals surface area contributed by atoms with Gasteiger partial charge in [0.2, 0.25) is 0 Å². The summed E-state index contributed by atoms with van der Waals surface area (Å²) in [5, 5.41) is 2.45. The van der Waals surface area contributed by atoms with Crippen LogP contribution < -0.4 is 5.32 Å². The lowest BCUT2D eigenvalue weighted by Crippen LogP contribution is -2.81. The number of benzene rings is 1. The van der Waals surface area contributed by atoms with Crippen LogP contribution in [0.1, 0.15) is 24.4 Å². The van der Waals surface area contributed by atoms with E-state index in [2.05, 4.69) is 52.2 Å². The van der Waals surface area contributed by atoms with Crippen molar-refractivity contribution < 1.29 is 5.32 Å². The summed E-state index contributed by atoms with van der Waals surface area (Å²) in [6, 6.07) is 9.59. The second-order valence-corrected chi connectivity index (χ2v) is 4.57. The molecule has 1 fully saturated rings. The number of rotatable bonds is 1. The molecule has 0 radical (unpaired) electrons. The van der Waals surface area contributed by atoms with Gasteiger partial charge < -0.3 is 5.32 Å². The lowest BCUT2D eigenvalue weighted by Gasteiger charge is -2.06. The molecule has 2 N–H and O–H groups in total. The molecule has 2 rings (SSSR count). The smallest absolute Gasteiger partial charge is 0.112 e. The molecule has 1 aliphatic rings. The Labute approximate surface area is 86.7 Å². The van der Waals surface area contributed by atoms with Gasteiger partial charge in [-0.2, -0.15) is 0 Å². The molecule has 1 heterocycles. The Morgan fingerprint density at radius 3 is 3.00 bits per heavy atom. The second-order valence-electron chi connectivity index (χ2n) is 3.33. The highest BCUT2D eigenvalue weighted by Crippen LogP contribution is 2.18. The Morgan fingerprint density at radius 1 is 1.42 bits per heavy atom. The normalized spacial score (nSPS) is 22.9. The molecular formula is C10H13IN+. The number of hydrogen-bond donors (Lipinski definition) is 1. The third kappa shape index (κ3) is 1.80. The van der Waals surface area contributed by atoms with E-state index in [1.807, 2.05) is 0 Å². The number of halogens is 1. The zero-order valence-corrected chi connectivity index (χ0v) is 9.12. The Balaban J connectivity index is 2.21. The van der Waals surface area contributed by atoms with E-state index >= 15 is 0 Å². The van der Waals surface area contributed by atoms with E-state index in [4.69, 9.17) is 0 Å². The van der Waals surface area contributed by atoms with Gasteiger partial charge in [-0.25, -0.2) is 0 Å². The summed E-state index contributed by atoms with van der Waals surface area (Å²) in [6.45, 7) is 1.30. The third-order valence-corrected chi connectivity index (χ3v) is 3.12. The van der Waals surface area contributed by atoms with E-state index in [-0.39, 0.29) is 0 Å². The number of quaternary nitrogens is 1. The molecular weight excluding hydrogens is 261 g/mol.